The Kier molecular flexibility index (Phi) is 19.9. The van der Waals surface area contributed by atoms with Crippen LogP contribution in [0.4, 0.5) is 5.69 Å². The number of hydrogen-bond acceptors (Lipinski definition) is 7. The van der Waals surface area contributed by atoms with Crippen LogP contribution in [0.5, 0.6) is 0 Å². The molecule has 5 rings (SSSR count). The topological polar surface area (TPSA) is 117 Å². The summed E-state index contributed by atoms with van der Waals surface area (Å²) in [5.74, 6) is -0.438. The number of aliphatic hydroxyl groups excluding tert-OH is 1. The molecular weight excluding hydrogens is 783 g/mol. The van der Waals surface area contributed by atoms with Crippen molar-refractivity contribution >= 4 is 21.6 Å². The van der Waals surface area contributed by atoms with Crippen molar-refractivity contribution in [3.63, 3.8) is 0 Å². The fourth-order valence-corrected chi connectivity index (χ4v) is 9.31. The highest BCUT2D eigenvalue weighted by Gasteiger charge is 2.39. The van der Waals surface area contributed by atoms with E-state index in [1.807, 2.05) is 79.7 Å². The molecule has 0 radical (unpaired) electrons. The van der Waals surface area contributed by atoms with Crippen molar-refractivity contribution in [3.05, 3.63) is 131 Å². The Bertz CT molecular complexity index is 1960. The van der Waals surface area contributed by atoms with Crippen LogP contribution < -0.4 is 10.0 Å². The summed E-state index contributed by atoms with van der Waals surface area (Å²) in [7, 11) is -4.01. The van der Waals surface area contributed by atoms with E-state index in [0.29, 0.717) is 5.69 Å². The number of nitrogens with zero attached hydrogens (tertiary/aromatic N) is 1. The number of rotatable bonds is 26. The summed E-state index contributed by atoms with van der Waals surface area (Å²) in [6.45, 7) is 11.5. The lowest BCUT2D eigenvalue weighted by molar-refractivity contribution is -0.276. The van der Waals surface area contributed by atoms with Crippen molar-refractivity contribution in [2.24, 2.45) is 5.92 Å². The van der Waals surface area contributed by atoms with Crippen LogP contribution in [0.3, 0.4) is 0 Å². The molecule has 1 aliphatic rings. The van der Waals surface area contributed by atoms with Gasteiger partial charge in [-0.1, -0.05) is 169 Å². The Balaban J connectivity index is 1.37. The van der Waals surface area contributed by atoms with Gasteiger partial charge in [0.15, 0.2) is 6.29 Å². The first-order chi connectivity index (χ1) is 29.6. The molecule has 9 nitrogen and oxygen atoms in total. The van der Waals surface area contributed by atoms with E-state index in [1.54, 1.807) is 30.3 Å². The Hall–Kier alpha value is -3.90. The third-order valence-electron chi connectivity index (χ3n) is 11.9. The molecule has 0 aliphatic carbocycles. The number of ether oxygens (including phenoxy) is 2. The molecule has 0 unspecified atom stereocenters. The van der Waals surface area contributed by atoms with Crippen molar-refractivity contribution in [1.82, 2.24) is 9.62 Å². The van der Waals surface area contributed by atoms with E-state index < -0.39 is 28.3 Å². The van der Waals surface area contributed by atoms with Gasteiger partial charge in [0.05, 0.1) is 23.7 Å². The second kappa shape index (κ2) is 25.3. The van der Waals surface area contributed by atoms with Crippen LogP contribution in [0, 0.1) is 12.8 Å². The van der Waals surface area contributed by atoms with Gasteiger partial charge in [0, 0.05) is 23.7 Å². The molecule has 4 aromatic carbocycles. The van der Waals surface area contributed by atoms with Crippen molar-refractivity contribution in [1.29, 1.82) is 0 Å². The molecule has 1 fully saturated rings. The summed E-state index contributed by atoms with van der Waals surface area (Å²) in [6.07, 6.45) is 14.1. The number of hydrogen-bond donors (Lipinski definition) is 3. The highest BCUT2D eigenvalue weighted by atomic mass is 32.2. The van der Waals surface area contributed by atoms with Gasteiger partial charge in [-0.15, -0.1) is 0 Å². The number of carbonyl (C=O) groups is 1. The number of unbranched alkanes of at least 4 members (excludes halogenated alkanes) is 10. The molecule has 1 aliphatic heterocycles. The molecule has 1 amide bonds. The van der Waals surface area contributed by atoms with Crippen LogP contribution in [0.2, 0.25) is 0 Å². The van der Waals surface area contributed by atoms with E-state index in [2.05, 4.69) is 35.7 Å². The summed E-state index contributed by atoms with van der Waals surface area (Å²) >= 11 is 0. The number of aryl methyl sites for hydroxylation is 1. The molecule has 0 saturated carbocycles. The van der Waals surface area contributed by atoms with Gasteiger partial charge >= 0.3 is 0 Å². The second-order valence-electron chi connectivity index (χ2n) is 16.9. The van der Waals surface area contributed by atoms with Gasteiger partial charge in [0.2, 0.25) is 15.9 Å². The molecular formula is C51H71N3O6S. The van der Waals surface area contributed by atoms with Crippen LogP contribution in [-0.2, 0) is 37.3 Å². The maximum Gasteiger partial charge on any atom is 0.242 e. The van der Waals surface area contributed by atoms with E-state index in [1.165, 1.54) is 77.0 Å². The summed E-state index contributed by atoms with van der Waals surface area (Å²) < 4.78 is 43.6. The molecule has 5 atom stereocenters. The second-order valence-corrected chi connectivity index (χ2v) is 18.7. The van der Waals surface area contributed by atoms with Gasteiger partial charge < -0.3 is 24.8 Å². The zero-order valence-corrected chi connectivity index (χ0v) is 37.9. The minimum atomic E-state index is -4.01. The van der Waals surface area contributed by atoms with Crippen LogP contribution in [0.1, 0.15) is 138 Å². The first-order valence-electron chi connectivity index (χ1n) is 22.9. The quantitative estimate of drug-likeness (QED) is 0.0539. The molecule has 332 valence electrons. The van der Waals surface area contributed by atoms with Gasteiger partial charge in [0.1, 0.15) is 6.04 Å². The molecule has 3 N–H and O–H groups in total. The number of carbonyl (C=O) groups excluding carboxylic acids is 1. The molecule has 61 heavy (non-hydrogen) atoms. The van der Waals surface area contributed by atoms with E-state index in [4.69, 9.17) is 9.47 Å². The lowest BCUT2D eigenvalue weighted by atomic mass is 9.90. The number of nitrogens with one attached hydrogen (secondary N) is 2. The Morgan fingerprint density at radius 2 is 1.34 bits per heavy atom. The summed E-state index contributed by atoms with van der Waals surface area (Å²) in [4.78, 5) is 16.8. The van der Waals surface area contributed by atoms with Crippen LogP contribution in [0.15, 0.2) is 108 Å². The molecule has 4 aromatic rings. The highest BCUT2D eigenvalue weighted by molar-refractivity contribution is 7.89. The molecule has 1 saturated heterocycles. The lowest BCUT2D eigenvalue weighted by Gasteiger charge is -2.43. The maximum absolute atomic E-state index is 14.1. The van der Waals surface area contributed by atoms with Gasteiger partial charge in [-0.3, -0.25) is 4.79 Å². The van der Waals surface area contributed by atoms with E-state index in [0.717, 1.165) is 47.5 Å². The third kappa shape index (κ3) is 15.4. The minimum absolute atomic E-state index is 0.0281. The number of aliphatic hydroxyl groups is 1. The smallest absolute Gasteiger partial charge is 0.242 e. The molecule has 10 heteroatoms. The highest BCUT2D eigenvalue weighted by Crippen LogP contribution is 2.42. The summed E-state index contributed by atoms with van der Waals surface area (Å²) in [5, 5.41) is 12.8. The number of amides is 1. The fraction of sp³-hybridized carbons (Fsp3) is 0.510. The van der Waals surface area contributed by atoms with Gasteiger partial charge in [0.25, 0.3) is 0 Å². The monoisotopic (exact) mass is 854 g/mol. The van der Waals surface area contributed by atoms with Gasteiger partial charge in [-0.25, -0.2) is 8.42 Å². The Morgan fingerprint density at radius 1 is 0.721 bits per heavy atom. The zero-order valence-electron chi connectivity index (χ0n) is 37.1. The average molecular weight is 854 g/mol. The fourth-order valence-electron chi connectivity index (χ4n) is 8.11. The van der Waals surface area contributed by atoms with Crippen molar-refractivity contribution in [3.8, 4) is 0 Å². The number of sulfonamides is 1. The van der Waals surface area contributed by atoms with E-state index >= 15 is 0 Å². The largest absolute Gasteiger partial charge is 0.392 e. The Labute approximate surface area is 366 Å². The first-order valence-corrected chi connectivity index (χ1v) is 24.3. The third-order valence-corrected chi connectivity index (χ3v) is 13.4. The van der Waals surface area contributed by atoms with Crippen LogP contribution >= 0.6 is 0 Å². The molecule has 0 spiro atoms. The predicted molar refractivity (Wildman–Crippen MR) is 247 cm³/mol. The van der Waals surface area contributed by atoms with E-state index in [-0.39, 0.29) is 36.0 Å². The van der Waals surface area contributed by atoms with Crippen LogP contribution in [0.25, 0.3) is 0 Å². The first kappa shape index (κ1) is 48.1. The number of benzene rings is 4. The van der Waals surface area contributed by atoms with Crippen molar-refractivity contribution < 1.29 is 27.8 Å². The lowest BCUT2D eigenvalue weighted by Crippen LogP contribution is -2.45. The van der Waals surface area contributed by atoms with Crippen LogP contribution in [-0.4, -0.2) is 56.1 Å². The summed E-state index contributed by atoms with van der Waals surface area (Å²) in [5.41, 5.74) is 4.89. The zero-order chi connectivity index (χ0) is 43.5. The van der Waals surface area contributed by atoms with Crippen molar-refractivity contribution in [2.75, 3.05) is 25.0 Å². The number of anilines is 1. The SMILES string of the molecule is CCCCCCCCN(CCCCCCCC)C[C@@H]1O[C@H](c2cccc(NC(=O)[C@@H](Cc3ccccc3)NS(=O)(=O)c3ccc(C)cc3)c2)O[C@H](c2ccc(CO)cc2)[C@@H]1C. The minimum Gasteiger partial charge on any atom is -0.392 e. The standard InChI is InChI=1S/C51H71N3O6S/c1-5-7-9-11-13-18-33-54(34-19-14-12-10-8-6-2)37-48-40(4)49(43-29-27-42(38-55)28-30-43)60-51(59-48)44-23-20-24-45(36-44)52-50(56)47(35-41-21-16-15-17-22-41)53-61(57,58)46-31-25-39(3)26-32-46/h15-17,20-32,36,40,47-49,51,53,55H,5-14,18-19,33-35,37-38H2,1-4H3,(H,52,56)/t40-,47-,48+,49+,51+/m1/s1. The molecule has 1 heterocycles. The maximum atomic E-state index is 14.1. The normalized spacial score (nSPS) is 18.6. The van der Waals surface area contributed by atoms with Crippen molar-refractivity contribution in [2.45, 2.75) is 147 Å². The molecule has 0 bridgehead atoms. The Morgan fingerprint density at radius 3 is 1.97 bits per heavy atom. The average Bonchev–Trinajstić information content (AvgIpc) is 3.27. The summed E-state index contributed by atoms with van der Waals surface area (Å²) in [6, 6.07) is 30.3. The van der Waals surface area contributed by atoms with Gasteiger partial charge in [-0.05, 0) is 80.2 Å². The predicted octanol–water partition coefficient (Wildman–Crippen LogP) is 10.8. The molecule has 0 aromatic heterocycles. The van der Waals surface area contributed by atoms with Gasteiger partial charge in [-0.2, -0.15) is 4.72 Å². The van der Waals surface area contributed by atoms with E-state index in [9.17, 15) is 18.3 Å².